The topological polar surface area (TPSA) is 69.2 Å². The molecule has 118 valence electrons. The summed E-state index contributed by atoms with van der Waals surface area (Å²) >= 11 is 0. The van der Waals surface area contributed by atoms with Gasteiger partial charge in [-0.15, -0.1) is 0 Å². The first-order valence-electron chi connectivity index (χ1n) is 6.63. The summed E-state index contributed by atoms with van der Waals surface area (Å²) in [5.41, 5.74) is -1.36. The van der Waals surface area contributed by atoms with Gasteiger partial charge in [-0.1, -0.05) is 24.3 Å². The molecule has 0 fully saturated rings. The third kappa shape index (κ3) is 3.47. The van der Waals surface area contributed by atoms with Crippen LogP contribution in [-0.4, -0.2) is 11.9 Å². The van der Waals surface area contributed by atoms with Crippen LogP contribution in [0.3, 0.4) is 0 Å². The Hall–Kier alpha value is -2.31. The van der Waals surface area contributed by atoms with Gasteiger partial charge in [0, 0.05) is 11.9 Å². The van der Waals surface area contributed by atoms with Gasteiger partial charge in [-0.05, 0) is 25.0 Å². The summed E-state index contributed by atoms with van der Waals surface area (Å²) < 4.78 is 38.6. The Labute approximate surface area is 124 Å². The van der Waals surface area contributed by atoms with Gasteiger partial charge in [-0.25, -0.2) is 0 Å². The van der Waals surface area contributed by atoms with Crippen LogP contribution >= 0.6 is 0 Å². The van der Waals surface area contributed by atoms with Crippen LogP contribution in [0.4, 0.5) is 18.9 Å². The molecule has 0 heterocycles. The monoisotopic (exact) mass is 312 g/mol. The first kappa shape index (κ1) is 16.1. The van der Waals surface area contributed by atoms with E-state index in [0.29, 0.717) is 0 Å². The first-order valence-corrected chi connectivity index (χ1v) is 6.63. The van der Waals surface area contributed by atoms with Gasteiger partial charge in [0.2, 0.25) is 5.91 Å². The fraction of sp³-hybridized carbons (Fsp3) is 0.333. The van der Waals surface area contributed by atoms with Crippen molar-refractivity contribution < 1.29 is 27.9 Å². The highest BCUT2D eigenvalue weighted by Gasteiger charge is 2.35. The van der Waals surface area contributed by atoms with Crippen molar-refractivity contribution in [1.29, 1.82) is 0 Å². The van der Waals surface area contributed by atoms with E-state index < -0.39 is 35.5 Å². The summed E-state index contributed by atoms with van der Waals surface area (Å²) in [7, 11) is 0. The number of aliphatic carboxylic acids is 1. The van der Waals surface area contributed by atoms with Crippen LogP contribution in [0.5, 0.6) is 0 Å². The van der Waals surface area contributed by atoms with Gasteiger partial charge < -0.3 is 15.2 Å². The maximum absolute atomic E-state index is 12.9. The molecule has 0 saturated heterocycles. The van der Waals surface area contributed by atoms with Gasteiger partial charge in [0.05, 0.1) is 17.2 Å². The lowest BCUT2D eigenvalue weighted by Gasteiger charge is -2.28. The molecule has 0 bridgehead atoms. The van der Waals surface area contributed by atoms with Crippen molar-refractivity contribution in [3.05, 3.63) is 42.0 Å². The molecular weight excluding hydrogens is 299 g/mol. The molecule has 7 heteroatoms. The molecule has 2 atom stereocenters. The number of carboxylic acid groups (broad SMARTS) is 1. The molecule has 4 nitrogen and oxygen atoms in total. The maximum Gasteiger partial charge on any atom is 0.418 e. The van der Waals surface area contributed by atoms with Crippen LogP contribution in [0.2, 0.25) is 0 Å². The van der Waals surface area contributed by atoms with Crippen molar-refractivity contribution in [1.82, 2.24) is 0 Å². The number of allylic oxidation sites excluding steroid dienone is 2. The molecule has 0 unspecified atom stereocenters. The minimum Gasteiger partial charge on any atom is -0.550 e. The van der Waals surface area contributed by atoms with Gasteiger partial charge in [-0.2, -0.15) is 13.2 Å². The molecular formula is C15H13F3NO3-. The number of rotatable bonds is 3. The zero-order valence-electron chi connectivity index (χ0n) is 11.4. The summed E-state index contributed by atoms with van der Waals surface area (Å²) in [5, 5.41) is 13.2. The highest BCUT2D eigenvalue weighted by Crippen LogP contribution is 2.35. The second-order valence-electron chi connectivity index (χ2n) is 5.01. The molecule has 0 radical (unpaired) electrons. The van der Waals surface area contributed by atoms with Crippen LogP contribution in [0, 0.1) is 11.8 Å². The van der Waals surface area contributed by atoms with Gasteiger partial charge in [0.25, 0.3) is 0 Å². The summed E-state index contributed by atoms with van der Waals surface area (Å²) in [5.74, 6) is -4.12. The third-order valence-electron chi connectivity index (χ3n) is 3.56. The Morgan fingerprint density at radius 1 is 1.09 bits per heavy atom. The molecule has 1 aromatic carbocycles. The van der Waals surface area contributed by atoms with E-state index in [2.05, 4.69) is 5.32 Å². The van der Waals surface area contributed by atoms with E-state index in [4.69, 9.17) is 0 Å². The Morgan fingerprint density at radius 2 is 1.68 bits per heavy atom. The average molecular weight is 312 g/mol. The van der Waals surface area contributed by atoms with E-state index >= 15 is 0 Å². The number of amides is 1. The molecule has 22 heavy (non-hydrogen) atoms. The number of carbonyl (C=O) groups excluding carboxylic acids is 2. The van der Waals surface area contributed by atoms with E-state index in [1.807, 2.05) is 0 Å². The van der Waals surface area contributed by atoms with Crippen LogP contribution in [-0.2, 0) is 15.8 Å². The molecule has 1 amide bonds. The van der Waals surface area contributed by atoms with Gasteiger partial charge >= 0.3 is 6.18 Å². The number of alkyl halides is 3. The summed E-state index contributed by atoms with van der Waals surface area (Å²) in [6.45, 7) is 0. The van der Waals surface area contributed by atoms with Gasteiger partial charge in [0.15, 0.2) is 0 Å². The van der Waals surface area contributed by atoms with E-state index in [1.165, 1.54) is 12.1 Å². The smallest absolute Gasteiger partial charge is 0.418 e. The van der Waals surface area contributed by atoms with Crippen molar-refractivity contribution in [3.63, 3.8) is 0 Å². The Bertz CT molecular complexity index is 610. The van der Waals surface area contributed by atoms with Crippen LogP contribution in [0.25, 0.3) is 0 Å². The maximum atomic E-state index is 12.9. The predicted molar refractivity (Wildman–Crippen MR) is 70.4 cm³/mol. The van der Waals surface area contributed by atoms with Crippen molar-refractivity contribution in [2.24, 2.45) is 11.8 Å². The molecule has 0 aromatic heterocycles. The standard InChI is InChI=1S/C15H14F3NO3/c16-15(17,18)11-7-3-4-8-12(11)19-13(20)9-5-1-2-6-10(9)14(21)22/h1-4,7-10H,5-6H2,(H,19,20)(H,21,22)/p-1/t9-,10-/m1/s1. The fourth-order valence-corrected chi connectivity index (χ4v) is 2.43. The van der Waals surface area contributed by atoms with Crippen LogP contribution in [0.15, 0.2) is 36.4 Å². The third-order valence-corrected chi connectivity index (χ3v) is 3.56. The molecule has 1 N–H and O–H groups in total. The Morgan fingerprint density at radius 3 is 2.27 bits per heavy atom. The minimum absolute atomic E-state index is 0.126. The molecule has 1 aliphatic rings. The van der Waals surface area contributed by atoms with Gasteiger partial charge in [-0.3, -0.25) is 4.79 Å². The number of anilines is 1. The van der Waals surface area contributed by atoms with Crippen LogP contribution in [0.1, 0.15) is 18.4 Å². The second kappa shape index (κ2) is 6.21. The number of carboxylic acids is 1. The largest absolute Gasteiger partial charge is 0.550 e. The SMILES string of the molecule is O=C([O-])[C@@H]1CC=CC[C@H]1C(=O)Nc1ccccc1C(F)(F)F. The van der Waals surface area contributed by atoms with Crippen LogP contribution < -0.4 is 10.4 Å². The van der Waals surface area contributed by atoms with E-state index in [9.17, 15) is 27.9 Å². The number of para-hydroxylation sites is 1. The molecule has 2 rings (SSSR count). The number of benzene rings is 1. The second-order valence-corrected chi connectivity index (χ2v) is 5.01. The number of hydrogen-bond donors (Lipinski definition) is 1. The molecule has 0 spiro atoms. The zero-order valence-corrected chi connectivity index (χ0v) is 11.4. The lowest BCUT2D eigenvalue weighted by Crippen LogP contribution is -2.41. The lowest BCUT2D eigenvalue weighted by molar-refractivity contribution is -0.313. The van der Waals surface area contributed by atoms with E-state index in [-0.39, 0.29) is 18.5 Å². The number of hydrogen-bond acceptors (Lipinski definition) is 3. The fourth-order valence-electron chi connectivity index (χ4n) is 2.43. The van der Waals surface area contributed by atoms with Crippen molar-refractivity contribution in [2.75, 3.05) is 5.32 Å². The summed E-state index contributed by atoms with van der Waals surface area (Å²) in [4.78, 5) is 23.2. The predicted octanol–water partition coefficient (Wildman–Crippen LogP) is 1.98. The van der Waals surface area contributed by atoms with Gasteiger partial charge in [0.1, 0.15) is 0 Å². The molecule has 1 aliphatic carbocycles. The Kier molecular flexibility index (Phi) is 4.54. The summed E-state index contributed by atoms with van der Waals surface area (Å²) in [6, 6.07) is 4.56. The zero-order chi connectivity index (χ0) is 16.3. The minimum atomic E-state index is -4.61. The normalized spacial score (nSPS) is 21.4. The molecule has 0 saturated carbocycles. The van der Waals surface area contributed by atoms with Crippen molar-refractivity contribution in [2.45, 2.75) is 19.0 Å². The van der Waals surface area contributed by atoms with E-state index in [1.54, 1.807) is 12.2 Å². The average Bonchev–Trinajstić information content (AvgIpc) is 2.46. The van der Waals surface area contributed by atoms with Crippen molar-refractivity contribution in [3.8, 4) is 0 Å². The molecule has 1 aromatic rings. The quantitative estimate of drug-likeness (QED) is 0.868. The lowest BCUT2D eigenvalue weighted by atomic mass is 9.82. The number of halogens is 3. The first-order chi connectivity index (χ1) is 10.3. The van der Waals surface area contributed by atoms with E-state index in [0.717, 1.165) is 12.1 Å². The molecule has 0 aliphatic heterocycles. The highest BCUT2D eigenvalue weighted by atomic mass is 19.4. The van der Waals surface area contributed by atoms with Crippen molar-refractivity contribution >= 4 is 17.6 Å². The highest BCUT2D eigenvalue weighted by molar-refractivity contribution is 5.95. The number of nitrogens with one attached hydrogen (secondary N) is 1. The Balaban J connectivity index is 2.22. The number of carbonyl (C=O) groups is 2. The summed E-state index contributed by atoms with van der Waals surface area (Å²) in [6.07, 6.45) is -1.07.